The lowest BCUT2D eigenvalue weighted by Gasteiger charge is -2.24. The summed E-state index contributed by atoms with van der Waals surface area (Å²) in [5.41, 5.74) is 1.47. The van der Waals surface area contributed by atoms with Crippen LogP contribution in [0, 0.1) is 12.8 Å². The third kappa shape index (κ3) is 4.65. The maximum Gasteiger partial charge on any atom is 0.264 e. The van der Waals surface area contributed by atoms with E-state index in [2.05, 4.69) is 10.6 Å². The first-order chi connectivity index (χ1) is 15.9. The number of anilines is 1. The van der Waals surface area contributed by atoms with Gasteiger partial charge in [-0.15, -0.1) is 11.3 Å². The average molecular weight is 484 g/mol. The Bertz CT molecular complexity index is 1260. The molecule has 1 aliphatic heterocycles. The van der Waals surface area contributed by atoms with E-state index in [9.17, 15) is 13.2 Å². The average Bonchev–Trinajstić information content (AvgIpc) is 3.40. The van der Waals surface area contributed by atoms with Crippen molar-refractivity contribution in [3.63, 3.8) is 0 Å². The van der Waals surface area contributed by atoms with Crippen LogP contribution in [0.1, 0.15) is 41.6 Å². The number of aryl methyl sites for hydroxylation is 1. The van der Waals surface area contributed by atoms with Crippen molar-refractivity contribution in [2.45, 2.75) is 43.5 Å². The Morgan fingerprint density at radius 3 is 2.55 bits per heavy atom. The van der Waals surface area contributed by atoms with Crippen molar-refractivity contribution in [2.75, 3.05) is 23.9 Å². The number of carbonyl (C=O) groups excluding carboxylic acids is 1. The zero-order valence-electron chi connectivity index (χ0n) is 18.7. The van der Waals surface area contributed by atoms with Crippen LogP contribution in [0.15, 0.2) is 53.4 Å². The summed E-state index contributed by atoms with van der Waals surface area (Å²) in [6, 6.07) is 14.5. The summed E-state index contributed by atoms with van der Waals surface area (Å²) >= 11 is 1.53. The van der Waals surface area contributed by atoms with Crippen molar-refractivity contribution in [3.05, 3.63) is 59.7 Å². The maximum atomic E-state index is 13.8. The highest BCUT2D eigenvalue weighted by Gasteiger charge is 2.31. The van der Waals surface area contributed by atoms with Gasteiger partial charge in [0.05, 0.1) is 4.90 Å². The van der Waals surface area contributed by atoms with Crippen molar-refractivity contribution >= 4 is 42.4 Å². The van der Waals surface area contributed by atoms with Crippen LogP contribution < -0.4 is 14.9 Å². The summed E-state index contributed by atoms with van der Waals surface area (Å²) in [5.74, 6) is 0.451. The highest BCUT2D eigenvalue weighted by Crippen LogP contribution is 2.41. The van der Waals surface area contributed by atoms with E-state index >= 15 is 0 Å². The lowest BCUT2D eigenvalue weighted by Crippen LogP contribution is -2.36. The summed E-state index contributed by atoms with van der Waals surface area (Å²) in [4.78, 5) is 12.8. The van der Waals surface area contributed by atoms with Gasteiger partial charge in [-0.2, -0.15) is 0 Å². The van der Waals surface area contributed by atoms with Crippen molar-refractivity contribution < 1.29 is 13.2 Å². The molecule has 2 aliphatic rings. The molecule has 0 radical (unpaired) electrons. The molecule has 1 saturated heterocycles. The molecule has 0 spiro atoms. The molecule has 2 N–H and O–H groups in total. The van der Waals surface area contributed by atoms with Crippen molar-refractivity contribution in [1.82, 2.24) is 10.6 Å². The second-order valence-corrected chi connectivity index (χ2v) is 11.9. The van der Waals surface area contributed by atoms with Crippen LogP contribution in [-0.4, -0.2) is 40.0 Å². The minimum atomic E-state index is -3.75. The van der Waals surface area contributed by atoms with Crippen LogP contribution in [0.2, 0.25) is 0 Å². The van der Waals surface area contributed by atoms with Gasteiger partial charge in [0, 0.05) is 29.4 Å². The number of fused-ring (bicyclic) bond motifs is 1. The van der Waals surface area contributed by atoms with Crippen LogP contribution in [0.5, 0.6) is 0 Å². The minimum Gasteiger partial charge on any atom is -0.348 e. The predicted molar refractivity (Wildman–Crippen MR) is 134 cm³/mol. The molecule has 2 aromatic carbocycles. The van der Waals surface area contributed by atoms with Gasteiger partial charge in [0.15, 0.2) is 0 Å². The summed E-state index contributed by atoms with van der Waals surface area (Å²) in [6.45, 7) is 4.13. The number of carbonyl (C=O) groups is 1. The molecule has 0 unspecified atom stereocenters. The van der Waals surface area contributed by atoms with E-state index in [0.717, 1.165) is 46.6 Å². The van der Waals surface area contributed by atoms with E-state index in [1.165, 1.54) is 24.2 Å². The molecule has 1 aliphatic carbocycles. The van der Waals surface area contributed by atoms with E-state index in [1.807, 2.05) is 31.2 Å². The molecule has 3 aromatic rings. The van der Waals surface area contributed by atoms with Gasteiger partial charge in [-0.25, -0.2) is 8.42 Å². The van der Waals surface area contributed by atoms with E-state index < -0.39 is 10.0 Å². The summed E-state index contributed by atoms with van der Waals surface area (Å²) in [7, 11) is -3.75. The van der Waals surface area contributed by atoms with Gasteiger partial charge in [0.2, 0.25) is 0 Å². The molecule has 6 nitrogen and oxygen atoms in total. The number of rotatable bonds is 8. The first-order valence-electron chi connectivity index (χ1n) is 11.6. The van der Waals surface area contributed by atoms with Crippen molar-refractivity contribution in [2.24, 2.45) is 5.92 Å². The van der Waals surface area contributed by atoms with Crippen LogP contribution >= 0.6 is 11.3 Å². The van der Waals surface area contributed by atoms with E-state index in [4.69, 9.17) is 0 Å². The fourth-order valence-electron chi connectivity index (χ4n) is 4.39. The van der Waals surface area contributed by atoms with E-state index in [0.29, 0.717) is 18.0 Å². The third-order valence-electron chi connectivity index (χ3n) is 6.58. The van der Waals surface area contributed by atoms with E-state index in [1.54, 1.807) is 28.6 Å². The van der Waals surface area contributed by atoms with Gasteiger partial charge in [-0.05, 0) is 73.5 Å². The Morgan fingerprint density at radius 2 is 1.88 bits per heavy atom. The lowest BCUT2D eigenvalue weighted by atomic mass is 10.2. The molecule has 2 heterocycles. The molecule has 1 saturated carbocycles. The molecular weight excluding hydrogens is 454 g/mol. The quantitative estimate of drug-likeness (QED) is 0.501. The smallest absolute Gasteiger partial charge is 0.264 e. The standard InChI is InChI=1S/C25H29N3O3S2/c1-17-22-4-2-3-5-23(22)32-25(17)28(15-13-18-6-7-18)33(30,31)21-10-8-19(9-11-21)24(29)27-20-12-14-26-16-20/h2-5,8-11,18,20,26H,6-7,12-16H2,1H3,(H,27,29)/t20-/m0/s1. The van der Waals surface area contributed by atoms with Gasteiger partial charge in [0.1, 0.15) is 5.00 Å². The van der Waals surface area contributed by atoms with Gasteiger partial charge in [0.25, 0.3) is 15.9 Å². The van der Waals surface area contributed by atoms with Crippen molar-refractivity contribution in [3.8, 4) is 0 Å². The summed E-state index contributed by atoms with van der Waals surface area (Å²) in [6.07, 6.45) is 4.13. The first-order valence-corrected chi connectivity index (χ1v) is 13.8. The zero-order chi connectivity index (χ0) is 23.0. The Kier molecular flexibility index (Phi) is 6.16. The number of benzene rings is 2. The molecule has 5 rings (SSSR count). The monoisotopic (exact) mass is 483 g/mol. The zero-order valence-corrected chi connectivity index (χ0v) is 20.3. The number of amides is 1. The molecule has 1 amide bonds. The first kappa shape index (κ1) is 22.4. The van der Waals surface area contributed by atoms with Crippen LogP contribution in [0.4, 0.5) is 5.00 Å². The molecule has 0 bridgehead atoms. The summed E-state index contributed by atoms with van der Waals surface area (Å²) < 4.78 is 30.2. The molecule has 1 atom stereocenters. The SMILES string of the molecule is Cc1c(N(CCC2CC2)S(=O)(=O)c2ccc(C(=O)N[C@H]3CCNC3)cc2)sc2ccccc12. The highest BCUT2D eigenvalue weighted by atomic mass is 32.2. The number of hydrogen-bond acceptors (Lipinski definition) is 5. The second kappa shape index (κ2) is 9.08. The molecule has 8 heteroatoms. The Balaban J connectivity index is 1.43. The van der Waals surface area contributed by atoms with Gasteiger partial charge in [-0.3, -0.25) is 9.10 Å². The normalized spacial score (nSPS) is 18.5. The largest absolute Gasteiger partial charge is 0.348 e. The molecule has 33 heavy (non-hydrogen) atoms. The number of sulfonamides is 1. The third-order valence-corrected chi connectivity index (χ3v) is 9.81. The number of nitrogens with zero attached hydrogens (tertiary/aromatic N) is 1. The van der Waals surface area contributed by atoms with Crippen LogP contribution in [0.3, 0.4) is 0 Å². The van der Waals surface area contributed by atoms with Gasteiger partial charge < -0.3 is 10.6 Å². The summed E-state index contributed by atoms with van der Waals surface area (Å²) in [5, 5.41) is 8.11. The number of nitrogens with one attached hydrogen (secondary N) is 2. The fraction of sp³-hybridized carbons (Fsp3) is 0.400. The Labute approximate surface area is 199 Å². The molecule has 1 aromatic heterocycles. The van der Waals surface area contributed by atoms with Gasteiger partial charge in [-0.1, -0.05) is 31.0 Å². The number of hydrogen-bond donors (Lipinski definition) is 2. The van der Waals surface area contributed by atoms with Crippen LogP contribution in [0.25, 0.3) is 10.1 Å². The lowest BCUT2D eigenvalue weighted by molar-refractivity contribution is 0.0940. The fourth-order valence-corrected chi connectivity index (χ4v) is 7.37. The molecular formula is C25H29N3O3S2. The molecule has 174 valence electrons. The van der Waals surface area contributed by atoms with Crippen molar-refractivity contribution in [1.29, 1.82) is 0 Å². The highest BCUT2D eigenvalue weighted by molar-refractivity contribution is 7.93. The molecule has 2 fully saturated rings. The van der Waals surface area contributed by atoms with Crippen LogP contribution in [-0.2, 0) is 10.0 Å². The minimum absolute atomic E-state index is 0.120. The van der Waals surface area contributed by atoms with E-state index in [-0.39, 0.29) is 16.8 Å². The Hall–Kier alpha value is -2.42. The maximum absolute atomic E-state index is 13.8. The topological polar surface area (TPSA) is 78.5 Å². The van der Waals surface area contributed by atoms with Gasteiger partial charge >= 0.3 is 0 Å². The predicted octanol–water partition coefficient (Wildman–Crippen LogP) is 4.30. The Morgan fingerprint density at radius 1 is 1.12 bits per heavy atom. The second-order valence-electron chi connectivity index (χ2n) is 9.03. The number of thiophene rings is 1.